The molecular weight excluding hydrogens is 332 g/mol. The zero-order chi connectivity index (χ0) is 17.3. The topological polar surface area (TPSA) is 87.0 Å². The highest BCUT2D eigenvalue weighted by molar-refractivity contribution is 7.86. The first kappa shape index (κ1) is 17.4. The molecule has 1 aromatic heterocycles. The Morgan fingerprint density at radius 3 is 2.25 bits per heavy atom. The van der Waals surface area contributed by atoms with Gasteiger partial charge in [0.2, 0.25) is 5.76 Å². The fourth-order valence-electron chi connectivity index (χ4n) is 3.12. The minimum absolute atomic E-state index is 0.203. The number of carbonyl (C=O) groups is 1. The Morgan fingerprint density at radius 2 is 1.71 bits per heavy atom. The molecule has 9 heteroatoms. The molecular formula is C15H24N4O4S. The number of carbonyl (C=O) groups excluding carboxylic acids is 1. The van der Waals surface area contributed by atoms with Crippen LogP contribution >= 0.6 is 0 Å². The van der Waals surface area contributed by atoms with Crippen LogP contribution in [0.25, 0.3) is 0 Å². The lowest BCUT2D eigenvalue weighted by Gasteiger charge is -2.38. The van der Waals surface area contributed by atoms with Crippen molar-refractivity contribution in [2.45, 2.75) is 26.7 Å². The average Bonchev–Trinajstić information content (AvgIpc) is 3.01. The summed E-state index contributed by atoms with van der Waals surface area (Å²) in [5.74, 6) is 0.546. The summed E-state index contributed by atoms with van der Waals surface area (Å²) in [7, 11) is -3.43. The predicted octanol–water partition coefficient (Wildman–Crippen LogP) is 0.718. The van der Waals surface area contributed by atoms with Crippen molar-refractivity contribution in [2.24, 2.45) is 5.92 Å². The van der Waals surface area contributed by atoms with Gasteiger partial charge in [-0.1, -0.05) is 12.1 Å². The molecule has 0 saturated carbocycles. The molecule has 8 nitrogen and oxygen atoms in total. The maximum absolute atomic E-state index is 12.7. The molecule has 24 heavy (non-hydrogen) atoms. The smallest absolute Gasteiger partial charge is 0.292 e. The van der Waals surface area contributed by atoms with Crippen molar-refractivity contribution in [3.05, 3.63) is 17.5 Å². The molecule has 0 bridgehead atoms. The number of amides is 1. The van der Waals surface area contributed by atoms with Crippen molar-refractivity contribution in [1.82, 2.24) is 18.7 Å². The highest BCUT2D eigenvalue weighted by atomic mass is 32.2. The van der Waals surface area contributed by atoms with E-state index in [4.69, 9.17) is 4.52 Å². The third-order valence-corrected chi connectivity index (χ3v) is 6.80. The molecule has 2 saturated heterocycles. The molecule has 0 aliphatic carbocycles. The van der Waals surface area contributed by atoms with Gasteiger partial charge in [-0.15, -0.1) is 0 Å². The summed E-state index contributed by atoms with van der Waals surface area (Å²) in [6.07, 6.45) is 1.81. The number of nitrogens with zero attached hydrogens (tertiary/aromatic N) is 4. The fourth-order valence-corrected chi connectivity index (χ4v) is 4.74. The van der Waals surface area contributed by atoms with Gasteiger partial charge in [-0.25, -0.2) is 0 Å². The number of rotatable bonds is 3. The van der Waals surface area contributed by atoms with E-state index in [9.17, 15) is 13.2 Å². The maximum Gasteiger partial charge on any atom is 0.292 e. The molecule has 0 unspecified atom stereocenters. The number of aromatic nitrogens is 1. The van der Waals surface area contributed by atoms with Gasteiger partial charge in [0.1, 0.15) is 0 Å². The lowest BCUT2D eigenvalue weighted by molar-refractivity contribution is 0.0651. The van der Waals surface area contributed by atoms with Crippen LogP contribution in [0, 0.1) is 12.8 Å². The third-order valence-electron chi connectivity index (χ3n) is 4.76. The van der Waals surface area contributed by atoms with Gasteiger partial charge >= 0.3 is 0 Å². The monoisotopic (exact) mass is 356 g/mol. The highest BCUT2D eigenvalue weighted by Gasteiger charge is 2.35. The average molecular weight is 356 g/mol. The lowest BCUT2D eigenvalue weighted by atomic mass is 10.0. The second kappa shape index (κ2) is 6.81. The molecule has 3 heterocycles. The minimum atomic E-state index is -3.43. The van der Waals surface area contributed by atoms with Crippen LogP contribution in [0.4, 0.5) is 0 Å². The minimum Gasteiger partial charge on any atom is -0.351 e. The standard InChI is InChI=1S/C15H24N4O4S/c1-12-3-5-18(6-4-12)24(21,22)19-9-7-17(8-10-19)15(20)14-11-13(2)16-23-14/h11-12H,3-10H2,1-2H3. The van der Waals surface area contributed by atoms with Crippen LogP contribution in [0.1, 0.15) is 36.0 Å². The van der Waals surface area contributed by atoms with E-state index in [2.05, 4.69) is 12.1 Å². The predicted molar refractivity (Wildman–Crippen MR) is 87.6 cm³/mol. The number of hydrogen-bond donors (Lipinski definition) is 0. The summed E-state index contributed by atoms with van der Waals surface area (Å²) in [5.41, 5.74) is 0.652. The molecule has 0 spiro atoms. The van der Waals surface area contributed by atoms with Crippen LogP contribution in [0.15, 0.2) is 10.6 Å². The maximum atomic E-state index is 12.7. The second-order valence-electron chi connectivity index (χ2n) is 6.61. The summed E-state index contributed by atoms with van der Waals surface area (Å²) in [4.78, 5) is 13.9. The fraction of sp³-hybridized carbons (Fsp3) is 0.733. The Kier molecular flexibility index (Phi) is 4.93. The number of piperidine rings is 1. The molecule has 2 fully saturated rings. The quantitative estimate of drug-likeness (QED) is 0.796. The first-order valence-electron chi connectivity index (χ1n) is 8.36. The third kappa shape index (κ3) is 3.47. The van der Waals surface area contributed by atoms with Crippen molar-refractivity contribution in [2.75, 3.05) is 39.3 Å². The Hall–Kier alpha value is -1.45. The largest absolute Gasteiger partial charge is 0.351 e. The normalized spacial score (nSPS) is 22.0. The summed E-state index contributed by atoms with van der Waals surface area (Å²) in [6, 6.07) is 1.60. The van der Waals surface area contributed by atoms with Crippen molar-refractivity contribution < 1.29 is 17.7 Å². The Morgan fingerprint density at radius 1 is 1.12 bits per heavy atom. The molecule has 1 amide bonds. The van der Waals surface area contributed by atoms with Crippen LogP contribution in [0.5, 0.6) is 0 Å². The van der Waals surface area contributed by atoms with Crippen LogP contribution < -0.4 is 0 Å². The van der Waals surface area contributed by atoms with E-state index < -0.39 is 10.2 Å². The summed E-state index contributed by atoms with van der Waals surface area (Å²) >= 11 is 0. The summed E-state index contributed by atoms with van der Waals surface area (Å²) in [5, 5.41) is 3.72. The second-order valence-corrected chi connectivity index (χ2v) is 8.54. The highest BCUT2D eigenvalue weighted by Crippen LogP contribution is 2.22. The van der Waals surface area contributed by atoms with E-state index in [1.165, 1.54) is 4.31 Å². The van der Waals surface area contributed by atoms with Gasteiger partial charge < -0.3 is 9.42 Å². The van der Waals surface area contributed by atoms with Gasteiger partial charge in [-0.05, 0) is 25.7 Å². The first-order chi connectivity index (χ1) is 11.4. The van der Waals surface area contributed by atoms with E-state index in [-0.39, 0.29) is 11.7 Å². The van der Waals surface area contributed by atoms with Crippen LogP contribution in [0.2, 0.25) is 0 Å². The van der Waals surface area contributed by atoms with Crippen LogP contribution in [-0.4, -0.2) is 72.3 Å². The summed E-state index contributed by atoms with van der Waals surface area (Å²) in [6.45, 7) is 6.42. The van der Waals surface area contributed by atoms with Gasteiger partial charge in [-0.3, -0.25) is 4.79 Å². The number of hydrogen-bond acceptors (Lipinski definition) is 5. The SMILES string of the molecule is Cc1cc(C(=O)N2CCN(S(=O)(=O)N3CCC(C)CC3)CC2)on1. The van der Waals surface area contributed by atoms with Gasteiger partial charge in [-0.2, -0.15) is 17.0 Å². The van der Waals surface area contributed by atoms with E-state index in [0.29, 0.717) is 50.9 Å². The molecule has 2 aliphatic rings. The Labute approximate surface area is 142 Å². The lowest BCUT2D eigenvalue weighted by Crippen LogP contribution is -2.55. The van der Waals surface area contributed by atoms with Crippen molar-refractivity contribution in [1.29, 1.82) is 0 Å². The van der Waals surface area contributed by atoms with E-state index in [1.807, 2.05) is 0 Å². The molecule has 134 valence electrons. The Bertz CT molecular complexity index is 686. The molecule has 0 radical (unpaired) electrons. The zero-order valence-electron chi connectivity index (χ0n) is 14.1. The zero-order valence-corrected chi connectivity index (χ0v) is 15.0. The van der Waals surface area contributed by atoms with Crippen LogP contribution in [-0.2, 0) is 10.2 Å². The molecule has 0 aromatic carbocycles. The van der Waals surface area contributed by atoms with Gasteiger partial charge in [0.25, 0.3) is 16.1 Å². The molecule has 0 atom stereocenters. The van der Waals surface area contributed by atoms with Crippen molar-refractivity contribution in [3.8, 4) is 0 Å². The van der Waals surface area contributed by atoms with Gasteiger partial charge in [0, 0.05) is 45.3 Å². The first-order valence-corrected chi connectivity index (χ1v) is 9.75. The Balaban J connectivity index is 1.59. The summed E-state index contributed by atoms with van der Waals surface area (Å²) < 4.78 is 33.5. The van der Waals surface area contributed by atoms with E-state index >= 15 is 0 Å². The number of piperazine rings is 1. The molecule has 1 aromatic rings. The number of aryl methyl sites for hydroxylation is 1. The van der Waals surface area contributed by atoms with E-state index in [0.717, 1.165) is 12.8 Å². The molecule has 2 aliphatic heterocycles. The van der Waals surface area contributed by atoms with Gasteiger partial charge in [0.05, 0.1) is 5.69 Å². The van der Waals surface area contributed by atoms with E-state index in [1.54, 1.807) is 22.2 Å². The molecule has 3 rings (SSSR count). The van der Waals surface area contributed by atoms with Gasteiger partial charge in [0.15, 0.2) is 0 Å². The van der Waals surface area contributed by atoms with Crippen LogP contribution in [0.3, 0.4) is 0 Å². The van der Waals surface area contributed by atoms with Crippen molar-refractivity contribution >= 4 is 16.1 Å². The molecule has 0 N–H and O–H groups in total. The van der Waals surface area contributed by atoms with Crippen molar-refractivity contribution in [3.63, 3.8) is 0 Å².